The van der Waals surface area contributed by atoms with Gasteiger partial charge in [0.15, 0.2) is 17.3 Å². The number of carbonyl (C=O) groups excluding carboxylic acids is 1. The second-order valence-electron chi connectivity index (χ2n) is 20.1. The molecule has 0 N–H and O–H groups in total. The van der Waals surface area contributed by atoms with Crippen molar-refractivity contribution in [1.82, 2.24) is 0 Å². The third-order valence-corrected chi connectivity index (χ3v) is 19.2. The third kappa shape index (κ3) is 13.8. The van der Waals surface area contributed by atoms with Crippen molar-refractivity contribution in [3.8, 4) is 5.75 Å². The lowest BCUT2D eigenvalue weighted by molar-refractivity contribution is -0.438. The Balaban J connectivity index is 1.25. The molecule has 1 unspecified atom stereocenters. The summed E-state index contributed by atoms with van der Waals surface area (Å²) >= 11 is 0. The summed E-state index contributed by atoms with van der Waals surface area (Å²) in [7, 11) is -31.1. The molecule has 460 valence electrons. The van der Waals surface area contributed by atoms with Crippen LogP contribution in [-0.4, -0.2) is 127 Å². The lowest BCUT2D eigenvalue weighted by Gasteiger charge is -2.31. The molecule has 7 rings (SSSR count). The van der Waals surface area contributed by atoms with Gasteiger partial charge in [-0.15, -0.1) is 0 Å². The summed E-state index contributed by atoms with van der Waals surface area (Å²) in [5, 5.41) is -0.709. The summed E-state index contributed by atoms with van der Waals surface area (Å²) in [4.78, 5) is 7.79. The van der Waals surface area contributed by atoms with Crippen LogP contribution < -0.4 is 9.64 Å². The molecule has 23 nitrogen and oxygen atoms in total. The second kappa shape index (κ2) is 24.1. The molecule has 1 atom stereocenters. The van der Waals surface area contributed by atoms with Crippen LogP contribution >= 0.6 is 0 Å². The minimum absolute atomic E-state index is 0.0453. The molecule has 2 heterocycles. The highest BCUT2D eigenvalue weighted by molar-refractivity contribution is 7.87. The minimum atomic E-state index is -6.05. The first-order valence-corrected chi connectivity index (χ1v) is 33.4. The Labute approximate surface area is 485 Å². The zero-order chi connectivity index (χ0) is 63.4. The van der Waals surface area contributed by atoms with Gasteiger partial charge in [-0.3, -0.25) is 4.79 Å². The Kier molecular flexibility index (Phi) is 18.8. The molecule has 0 fully saturated rings. The first-order chi connectivity index (χ1) is 39.2. The van der Waals surface area contributed by atoms with E-state index in [4.69, 9.17) is 4.74 Å². The van der Waals surface area contributed by atoms with Crippen molar-refractivity contribution in [1.29, 1.82) is 0 Å². The van der Waals surface area contributed by atoms with E-state index in [-0.39, 0.29) is 84.5 Å². The standard InChI is InChI=1S/C52H52F4N2O21S6/c1-51(2)40(14-9-6-5-7-10-15-41-52(3,21-13-25-80(60,61)62)44-35-27-31(82(66,67)68)29-39(84(72,73)74)33(35)18-20-37(44)58(41)23-24-78-4)57(36-19-17-32-34(43(36)51)26-30(81(63,64)65)28-38(32)83(69,70)71)22-12-8-11-16-42(59)79-49-45(53)47(55)50(85(75,76)77)48(56)46(49)54/h5-7,9-10,14-15,17-20,26-29H,8,11-13,16,21-25H2,1-4H3,(H5-,60,61,62,63,64,65,66,67,68,69,70,71,72,73,74,75,76,77)/p-5. The highest BCUT2D eigenvalue weighted by Crippen LogP contribution is 2.54. The quantitative estimate of drug-likeness (QED) is 0.0107. The molecule has 0 radical (unpaired) electrons. The fraction of sp³-hybridized carbons (Fsp3) is 0.308. The lowest BCUT2D eigenvalue weighted by atomic mass is 9.75. The number of allylic oxidation sites excluding steroid dienone is 8. The Morgan fingerprint density at radius 3 is 1.66 bits per heavy atom. The number of ether oxygens (including phenoxy) is 2. The Morgan fingerprint density at radius 1 is 0.612 bits per heavy atom. The number of nitrogens with zero attached hydrogens (tertiary/aromatic N) is 2. The number of unbranched alkanes of at least 4 members (excludes halogenated alkanes) is 2. The van der Waals surface area contributed by atoms with Gasteiger partial charge in [-0.25, -0.2) is 59.3 Å². The van der Waals surface area contributed by atoms with E-state index in [9.17, 15) is 100 Å². The predicted molar refractivity (Wildman–Crippen MR) is 287 cm³/mol. The largest absolute Gasteiger partial charge is 0.748 e. The van der Waals surface area contributed by atoms with Crippen LogP contribution in [0, 0.1) is 23.3 Å². The molecular weight excluding hydrogens is 1260 g/mol. The summed E-state index contributed by atoms with van der Waals surface area (Å²) in [5.41, 5.74) is -0.690. The Morgan fingerprint density at radius 2 is 1.14 bits per heavy atom. The van der Waals surface area contributed by atoms with Crippen molar-refractivity contribution >= 4 is 105 Å². The monoisotopic (exact) mass is 1300 g/mol. The molecule has 5 aromatic carbocycles. The summed E-state index contributed by atoms with van der Waals surface area (Å²) in [5.74, 6) is -14.4. The zero-order valence-corrected chi connectivity index (χ0v) is 49.6. The predicted octanol–water partition coefficient (Wildman–Crippen LogP) is 5.91. The maximum absolute atomic E-state index is 14.6. The van der Waals surface area contributed by atoms with Gasteiger partial charge in [0.2, 0.25) is 23.1 Å². The van der Waals surface area contributed by atoms with Crippen molar-refractivity contribution in [2.45, 2.75) is 94.6 Å². The van der Waals surface area contributed by atoms with Crippen molar-refractivity contribution in [3.05, 3.63) is 131 Å². The van der Waals surface area contributed by atoms with Gasteiger partial charge >= 0.3 is 5.97 Å². The summed E-state index contributed by atoms with van der Waals surface area (Å²) < 4.78 is 288. The van der Waals surface area contributed by atoms with E-state index < -0.39 is 143 Å². The van der Waals surface area contributed by atoms with Gasteiger partial charge in [-0.05, 0) is 111 Å². The molecule has 0 amide bonds. The third-order valence-electron chi connectivity index (χ3n) is 14.2. The zero-order valence-electron chi connectivity index (χ0n) is 44.7. The second-order valence-corrected chi connectivity index (χ2v) is 28.4. The van der Waals surface area contributed by atoms with Crippen molar-refractivity contribution < 1.29 is 114 Å². The molecule has 2 aliphatic heterocycles. The number of carbonyl (C=O) groups is 1. The molecule has 5 aromatic rings. The number of rotatable bonds is 23. The van der Waals surface area contributed by atoms with Crippen LogP contribution in [0.25, 0.3) is 21.5 Å². The van der Waals surface area contributed by atoms with Gasteiger partial charge in [0.25, 0.3) is 0 Å². The summed E-state index contributed by atoms with van der Waals surface area (Å²) in [6.45, 7) is 5.10. The van der Waals surface area contributed by atoms with E-state index in [0.29, 0.717) is 34.9 Å². The molecular formula is C52H47F4N2O21S6-5. The number of fused-ring (bicyclic) bond motifs is 6. The van der Waals surface area contributed by atoms with Crippen LogP contribution in [0.1, 0.15) is 70.4 Å². The normalized spacial score (nSPS) is 17.4. The smallest absolute Gasteiger partial charge is 0.311 e. The molecule has 0 bridgehead atoms. The summed E-state index contributed by atoms with van der Waals surface area (Å²) in [6, 6.07) is 8.12. The van der Waals surface area contributed by atoms with Crippen LogP contribution in [0.2, 0.25) is 0 Å². The van der Waals surface area contributed by atoms with E-state index in [1.54, 1.807) is 48.5 Å². The number of benzene rings is 5. The SMILES string of the molecule is COCCN1C(=CC=CC=CC=CC2=[N+](CCCCCC(=O)Oc3c(F)c(F)c(S(=O)(=O)[O-])c(F)c3F)c3ccc4c(S(=O)(=O)[O-])cc(S(=O)(=O)[O-])cc4c3C2(C)C)C(C)(CCCS(=O)(=O)[O-])c2c1ccc1c(S(=O)(=O)[O-])cc(S(=O)(=O)[O-])cc21. The van der Waals surface area contributed by atoms with Crippen LogP contribution in [0.5, 0.6) is 5.75 Å². The molecule has 33 heteroatoms. The number of hydrogen-bond donors (Lipinski definition) is 0. The number of esters is 1. The fourth-order valence-electron chi connectivity index (χ4n) is 10.6. The van der Waals surface area contributed by atoms with Crippen molar-refractivity contribution in [2.24, 2.45) is 0 Å². The van der Waals surface area contributed by atoms with Gasteiger partial charge in [-0.1, -0.05) is 36.4 Å². The molecule has 2 aliphatic rings. The molecule has 0 aromatic heterocycles. The van der Waals surface area contributed by atoms with Gasteiger partial charge in [0.1, 0.15) is 62.0 Å². The molecule has 0 aliphatic carbocycles. The van der Waals surface area contributed by atoms with E-state index in [0.717, 1.165) is 12.1 Å². The molecule has 85 heavy (non-hydrogen) atoms. The summed E-state index contributed by atoms with van der Waals surface area (Å²) in [6.07, 6.45) is 10.0. The van der Waals surface area contributed by atoms with E-state index in [1.807, 2.05) is 0 Å². The van der Waals surface area contributed by atoms with Crippen LogP contribution in [0.15, 0.2) is 121 Å². The van der Waals surface area contributed by atoms with Crippen LogP contribution in [0.4, 0.5) is 28.9 Å². The van der Waals surface area contributed by atoms with E-state index in [2.05, 4.69) is 4.74 Å². The lowest BCUT2D eigenvalue weighted by Crippen LogP contribution is -2.31. The van der Waals surface area contributed by atoms with Gasteiger partial charge in [-0.2, -0.15) is 13.4 Å². The maximum Gasteiger partial charge on any atom is 0.311 e. The highest BCUT2D eigenvalue weighted by Gasteiger charge is 2.47. The number of halogens is 4. The average molecular weight is 1300 g/mol. The number of methoxy groups -OCH3 is 1. The van der Waals surface area contributed by atoms with Gasteiger partial charge in [0.05, 0.1) is 41.7 Å². The van der Waals surface area contributed by atoms with E-state index >= 15 is 0 Å². The Hall–Kier alpha value is -6.34. The number of hydrogen-bond acceptors (Lipinski definition) is 22. The first kappa shape index (κ1) is 66.2. The van der Waals surface area contributed by atoms with Gasteiger partial charge < -0.3 is 41.7 Å². The molecule has 0 saturated carbocycles. The van der Waals surface area contributed by atoms with Crippen LogP contribution in [-0.2, 0) is 81.1 Å². The highest BCUT2D eigenvalue weighted by atomic mass is 32.2. The molecule has 0 saturated heterocycles. The minimum Gasteiger partial charge on any atom is -0.748 e. The van der Waals surface area contributed by atoms with E-state index in [1.165, 1.54) is 55.7 Å². The first-order valence-electron chi connectivity index (χ1n) is 24.8. The molecule has 0 spiro atoms. The maximum atomic E-state index is 14.6. The number of anilines is 1. The fourth-order valence-corrected chi connectivity index (χ4v) is 14.4. The van der Waals surface area contributed by atoms with Crippen molar-refractivity contribution in [2.75, 3.05) is 37.5 Å². The van der Waals surface area contributed by atoms with Crippen LogP contribution in [0.3, 0.4) is 0 Å². The average Bonchev–Trinajstić information content (AvgIpc) is 1.81. The van der Waals surface area contributed by atoms with Crippen molar-refractivity contribution in [3.63, 3.8) is 0 Å². The topological polar surface area (TPSA) is 385 Å². The van der Waals surface area contributed by atoms with Gasteiger partial charge in [0, 0.05) is 72.1 Å². The Bertz CT molecular complexity index is 4480.